The Morgan fingerprint density at radius 1 is 0.475 bits per heavy atom. The van der Waals surface area contributed by atoms with Gasteiger partial charge >= 0.3 is 5.97 Å². The first kappa shape index (κ1) is 57.1. The standard InChI is InChI=1S/C53H99NO5/c1-3-5-7-9-11-13-15-17-18-23-27-31-35-39-43-47-53(58)59-48-44-40-36-32-28-24-20-19-22-26-30-34-38-42-46-52(57)54-50(49-55)51(56)45-41-37-33-29-25-21-16-14-12-10-8-6-4-2/h11,13,17-18,41,45,50-51,55-56H,3-10,12,14-16,19-40,42-44,46-49H2,1-2H3,(H,54,57)/b13-11-,18-17-,45-41+. The summed E-state index contributed by atoms with van der Waals surface area (Å²) in [5.41, 5.74) is 0. The van der Waals surface area contributed by atoms with E-state index in [1.54, 1.807) is 6.08 Å². The van der Waals surface area contributed by atoms with Gasteiger partial charge in [0.2, 0.25) is 5.91 Å². The highest BCUT2D eigenvalue weighted by Crippen LogP contribution is 2.15. The number of carbonyl (C=O) groups excluding carboxylic acids is 2. The second kappa shape index (κ2) is 48.7. The van der Waals surface area contributed by atoms with Crippen molar-refractivity contribution in [2.75, 3.05) is 13.2 Å². The molecule has 2 atom stereocenters. The number of ether oxygens (including phenoxy) is 1. The summed E-state index contributed by atoms with van der Waals surface area (Å²) in [5.74, 6) is -0.0982. The van der Waals surface area contributed by atoms with Gasteiger partial charge in [0.05, 0.1) is 25.4 Å². The smallest absolute Gasteiger partial charge is 0.305 e. The zero-order valence-corrected chi connectivity index (χ0v) is 39.2. The number of hydrogen-bond acceptors (Lipinski definition) is 5. The van der Waals surface area contributed by atoms with Gasteiger partial charge in [-0.05, 0) is 64.2 Å². The maximum Gasteiger partial charge on any atom is 0.305 e. The number of allylic oxidation sites excluding steroid dienone is 5. The van der Waals surface area contributed by atoms with Crippen molar-refractivity contribution >= 4 is 11.9 Å². The van der Waals surface area contributed by atoms with Gasteiger partial charge in [-0.2, -0.15) is 0 Å². The van der Waals surface area contributed by atoms with Gasteiger partial charge in [-0.15, -0.1) is 0 Å². The van der Waals surface area contributed by atoms with Crippen LogP contribution in [0.2, 0.25) is 0 Å². The third kappa shape index (κ3) is 45.4. The second-order valence-corrected chi connectivity index (χ2v) is 17.5. The fourth-order valence-electron chi connectivity index (χ4n) is 7.66. The summed E-state index contributed by atoms with van der Waals surface area (Å²) >= 11 is 0. The number of carbonyl (C=O) groups is 2. The highest BCUT2D eigenvalue weighted by molar-refractivity contribution is 5.76. The van der Waals surface area contributed by atoms with Gasteiger partial charge in [-0.1, -0.05) is 224 Å². The quantitative estimate of drug-likeness (QED) is 0.0323. The minimum Gasteiger partial charge on any atom is -0.466 e. The van der Waals surface area contributed by atoms with Crippen LogP contribution in [-0.2, 0) is 14.3 Å². The van der Waals surface area contributed by atoms with Crippen LogP contribution in [0.25, 0.3) is 0 Å². The van der Waals surface area contributed by atoms with Crippen LogP contribution < -0.4 is 5.32 Å². The molecule has 6 heteroatoms. The van der Waals surface area contributed by atoms with Crippen LogP contribution in [0.4, 0.5) is 0 Å². The van der Waals surface area contributed by atoms with Gasteiger partial charge < -0.3 is 20.3 Å². The van der Waals surface area contributed by atoms with Gasteiger partial charge in [0.15, 0.2) is 0 Å². The molecule has 0 aromatic heterocycles. The fourth-order valence-corrected chi connectivity index (χ4v) is 7.66. The zero-order chi connectivity index (χ0) is 43.0. The third-order valence-corrected chi connectivity index (χ3v) is 11.7. The topological polar surface area (TPSA) is 95.9 Å². The maximum absolute atomic E-state index is 12.4. The van der Waals surface area contributed by atoms with Crippen molar-refractivity contribution in [1.82, 2.24) is 5.32 Å². The van der Waals surface area contributed by atoms with E-state index in [2.05, 4.69) is 43.5 Å². The van der Waals surface area contributed by atoms with Crippen LogP contribution >= 0.6 is 0 Å². The monoisotopic (exact) mass is 830 g/mol. The van der Waals surface area contributed by atoms with Crippen LogP contribution in [0.5, 0.6) is 0 Å². The van der Waals surface area contributed by atoms with E-state index >= 15 is 0 Å². The Kier molecular flexibility index (Phi) is 47.2. The average molecular weight is 830 g/mol. The van der Waals surface area contributed by atoms with Gasteiger partial charge in [0.25, 0.3) is 0 Å². The molecule has 0 aliphatic heterocycles. The Labute approximate surface area is 366 Å². The molecule has 0 aliphatic carbocycles. The number of unbranched alkanes of at least 4 members (excludes halogenated alkanes) is 32. The summed E-state index contributed by atoms with van der Waals surface area (Å²) in [4.78, 5) is 24.4. The second-order valence-electron chi connectivity index (χ2n) is 17.5. The number of nitrogens with one attached hydrogen (secondary N) is 1. The van der Waals surface area contributed by atoms with Crippen molar-refractivity contribution in [3.05, 3.63) is 36.5 Å². The molecule has 0 saturated carbocycles. The minimum absolute atomic E-state index is 0.0181. The number of esters is 1. The molecule has 0 heterocycles. The Bertz CT molecular complexity index is 962. The molecule has 59 heavy (non-hydrogen) atoms. The molecule has 6 nitrogen and oxygen atoms in total. The highest BCUT2D eigenvalue weighted by Gasteiger charge is 2.18. The lowest BCUT2D eigenvalue weighted by atomic mass is 10.0. The number of hydrogen-bond donors (Lipinski definition) is 3. The molecule has 0 bridgehead atoms. The SMILES string of the molecule is CCCCC/C=C\C/C=C\CCCCCCCC(=O)OCCCCCCCCCCCCCCCCC(=O)NC(CO)C(O)/C=C/CCCCCCCCCCCCC. The molecule has 0 aromatic carbocycles. The van der Waals surface area contributed by atoms with Crippen LogP contribution in [0.15, 0.2) is 36.5 Å². The first-order chi connectivity index (χ1) is 29.0. The van der Waals surface area contributed by atoms with Crippen LogP contribution in [0, 0.1) is 0 Å². The lowest BCUT2D eigenvalue weighted by Crippen LogP contribution is -2.45. The van der Waals surface area contributed by atoms with Crippen molar-refractivity contribution < 1.29 is 24.5 Å². The van der Waals surface area contributed by atoms with Crippen LogP contribution in [-0.4, -0.2) is 47.4 Å². The van der Waals surface area contributed by atoms with E-state index in [1.807, 2.05) is 6.08 Å². The maximum atomic E-state index is 12.4. The fraction of sp³-hybridized carbons (Fsp3) is 0.849. The summed E-state index contributed by atoms with van der Waals surface area (Å²) < 4.78 is 5.46. The third-order valence-electron chi connectivity index (χ3n) is 11.7. The lowest BCUT2D eigenvalue weighted by molar-refractivity contribution is -0.143. The van der Waals surface area contributed by atoms with E-state index in [-0.39, 0.29) is 18.5 Å². The molecular formula is C53H99NO5. The molecule has 0 spiro atoms. The van der Waals surface area contributed by atoms with Gasteiger partial charge in [0.1, 0.15) is 0 Å². The summed E-state index contributed by atoms with van der Waals surface area (Å²) in [6, 6.07) is -0.636. The van der Waals surface area contributed by atoms with Crippen LogP contribution in [0.1, 0.15) is 264 Å². The van der Waals surface area contributed by atoms with Crippen LogP contribution in [0.3, 0.4) is 0 Å². The summed E-state index contributed by atoms with van der Waals surface area (Å²) in [6.07, 6.45) is 58.5. The van der Waals surface area contributed by atoms with Gasteiger partial charge in [-0.3, -0.25) is 9.59 Å². The van der Waals surface area contributed by atoms with Crippen molar-refractivity contribution in [2.24, 2.45) is 0 Å². The van der Waals surface area contributed by atoms with Crippen molar-refractivity contribution in [3.8, 4) is 0 Å². The summed E-state index contributed by atoms with van der Waals surface area (Å²) in [6.45, 7) is 4.84. The molecule has 3 N–H and O–H groups in total. The molecular weight excluding hydrogens is 731 g/mol. The van der Waals surface area contributed by atoms with E-state index < -0.39 is 12.1 Å². The highest BCUT2D eigenvalue weighted by atomic mass is 16.5. The molecule has 0 fully saturated rings. The summed E-state index contributed by atoms with van der Waals surface area (Å²) in [7, 11) is 0. The molecule has 2 unspecified atom stereocenters. The van der Waals surface area contributed by atoms with Crippen molar-refractivity contribution in [1.29, 1.82) is 0 Å². The molecule has 346 valence electrons. The van der Waals surface area contributed by atoms with Gasteiger partial charge in [0, 0.05) is 12.8 Å². The van der Waals surface area contributed by atoms with Gasteiger partial charge in [-0.25, -0.2) is 0 Å². The molecule has 0 radical (unpaired) electrons. The first-order valence-corrected chi connectivity index (χ1v) is 25.8. The molecule has 0 rings (SSSR count). The number of aliphatic hydroxyl groups excluding tert-OH is 2. The Morgan fingerprint density at radius 3 is 1.32 bits per heavy atom. The molecule has 0 aliphatic rings. The molecule has 0 aromatic rings. The Morgan fingerprint density at radius 2 is 0.847 bits per heavy atom. The van der Waals surface area contributed by atoms with E-state index in [4.69, 9.17) is 4.74 Å². The number of rotatable bonds is 47. The average Bonchev–Trinajstić information content (AvgIpc) is 3.24. The van der Waals surface area contributed by atoms with Crippen molar-refractivity contribution in [2.45, 2.75) is 276 Å². The van der Waals surface area contributed by atoms with E-state index in [0.717, 1.165) is 64.2 Å². The zero-order valence-electron chi connectivity index (χ0n) is 39.2. The number of aliphatic hydroxyl groups is 2. The predicted molar refractivity (Wildman–Crippen MR) is 255 cm³/mol. The van der Waals surface area contributed by atoms with Crippen molar-refractivity contribution in [3.63, 3.8) is 0 Å². The van der Waals surface area contributed by atoms with E-state index in [1.165, 1.54) is 173 Å². The minimum atomic E-state index is -0.851. The first-order valence-electron chi connectivity index (χ1n) is 25.8. The normalized spacial score (nSPS) is 12.9. The predicted octanol–water partition coefficient (Wildman–Crippen LogP) is 15.3. The Hall–Kier alpha value is -1.92. The van der Waals surface area contributed by atoms with E-state index in [9.17, 15) is 19.8 Å². The Balaban J connectivity index is 3.48. The summed E-state index contributed by atoms with van der Waals surface area (Å²) in [5, 5.41) is 23.0. The number of amides is 1. The largest absolute Gasteiger partial charge is 0.466 e. The van der Waals surface area contributed by atoms with E-state index in [0.29, 0.717) is 19.4 Å². The molecule has 0 saturated heterocycles. The lowest BCUT2D eigenvalue weighted by Gasteiger charge is -2.20. The molecule has 1 amide bonds.